The van der Waals surface area contributed by atoms with Gasteiger partial charge in [-0.25, -0.2) is 4.98 Å². The summed E-state index contributed by atoms with van der Waals surface area (Å²) in [6, 6.07) is 18.0. The quantitative estimate of drug-likeness (QED) is 0.357. The van der Waals surface area contributed by atoms with Gasteiger partial charge in [-0.3, -0.25) is 4.90 Å². The molecule has 0 N–H and O–H groups in total. The van der Waals surface area contributed by atoms with Crippen molar-refractivity contribution >= 4 is 56.4 Å². The molecule has 0 radical (unpaired) electrons. The predicted octanol–water partition coefficient (Wildman–Crippen LogP) is 6.87. The molecule has 4 rings (SSSR count). The maximum Gasteiger partial charge on any atom is 0.106 e. The molecule has 2 heterocycles. The van der Waals surface area contributed by atoms with Crippen molar-refractivity contribution in [2.75, 3.05) is 24.5 Å². The Kier molecular flexibility index (Phi) is 6.67. The minimum atomic E-state index is 0.156. The van der Waals surface area contributed by atoms with Crippen molar-refractivity contribution in [1.29, 1.82) is 0 Å². The van der Waals surface area contributed by atoms with Gasteiger partial charge in [0, 0.05) is 42.4 Å². The third-order valence-corrected chi connectivity index (χ3v) is 6.39. The molecule has 1 unspecified atom stereocenters. The van der Waals surface area contributed by atoms with Crippen LogP contribution < -0.4 is 4.90 Å². The standard InChI is InChI=1S/C22H19BrCl3N3/c23-22-8-1-15(12-27-22)13-28-9-10-29(20-7-6-18(25)11-19(20)26)21(14-28)16-2-4-17(24)5-3-16/h1-8,11-12,21H,9-10,13-14H2. The normalized spacial score (nSPS) is 17.5. The fourth-order valence-corrected chi connectivity index (χ4v) is 4.59. The molecular formula is C22H19BrCl3N3. The highest BCUT2D eigenvalue weighted by Crippen LogP contribution is 2.37. The van der Waals surface area contributed by atoms with Crippen molar-refractivity contribution in [2.24, 2.45) is 0 Å². The van der Waals surface area contributed by atoms with Gasteiger partial charge in [-0.1, -0.05) is 53.0 Å². The molecule has 1 fully saturated rings. The third-order valence-electron chi connectivity index (χ3n) is 5.13. The largest absolute Gasteiger partial charge is 0.361 e. The molecule has 1 saturated heterocycles. The number of pyridine rings is 1. The van der Waals surface area contributed by atoms with Crippen LogP contribution in [-0.4, -0.2) is 29.5 Å². The third kappa shape index (κ3) is 5.07. The van der Waals surface area contributed by atoms with Gasteiger partial charge >= 0.3 is 0 Å². The molecule has 0 amide bonds. The first-order valence-corrected chi connectivity index (χ1v) is 11.2. The Morgan fingerprint density at radius 3 is 2.38 bits per heavy atom. The highest BCUT2D eigenvalue weighted by Gasteiger charge is 2.29. The van der Waals surface area contributed by atoms with Gasteiger partial charge in [-0.2, -0.15) is 0 Å². The average molecular weight is 512 g/mol. The number of hydrogen-bond acceptors (Lipinski definition) is 3. The zero-order valence-corrected chi connectivity index (χ0v) is 19.4. The Balaban J connectivity index is 1.62. The second-order valence-corrected chi connectivity index (χ2v) is 9.17. The van der Waals surface area contributed by atoms with E-state index in [1.165, 1.54) is 11.1 Å². The monoisotopic (exact) mass is 509 g/mol. The SMILES string of the molecule is Clc1ccc(C2CN(Cc3ccc(Br)nc3)CCN2c2ccc(Cl)cc2Cl)cc1. The first-order chi connectivity index (χ1) is 14.0. The van der Waals surface area contributed by atoms with Crippen LogP contribution in [0.15, 0.2) is 65.4 Å². The molecule has 1 aromatic heterocycles. The molecule has 150 valence electrons. The van der Waals surface area contributed by atoms with E-state index in [-0.39, 0.29) is 6.04 Å². The summed E-state index contributed by atoms with van der Waals surface area (Å²) in [5.74, 6) is 0. The van der Waals surface area contributed by atoms with Gasteiger partial charge in [0.15, 0.2) is 0 Å². The summed E-state index contributed by atoms with van der Waals surface area (Å²) in [6.45, 7) is 3.51. The Bertz CT molecular complexity index is 980. The van der Waals surface area contributed by atoms with E-state index >= 15 is 0 Å². The second kappa shape index (κ2) is 9.23. The van der Waals surface area contributed by atoms with E-state index < -0.39 is 0 Å². The van der Waals surface area contributed by atoms with Gasteiger partial charge in [-0.15, -0.1) is 0 Å². The lowest BCUT2D eigenvalue weighted by molar-refractivity contribution is 0.215. The molecule has 1 aliphatic rings. The summed E-state index contributed by atoms with van der Waals surface area (Å²) < 4.78 is 0.850. The molecule has 7 heteroatoms. The molecule has 29 heavy (non-hydrogen) atoms. The molecule has 3 aromatic rings. The number of aromatic nitrogens is 1. The Morgan fingerprint density at radius 2 is 1.69 bits per heavy atom. The Hall–Kier alpha value is -1.30. The summed E-state index contributed by atoms with van der Waals surface area (Å²) in [5.41, 5.74) is 3.40. The molecule has 0 spiro atoms. The van der Waals surface area contributed by atoms with E-state index in [1.807, 2.05) is 36.5 Å². The van der Waals surface area contributed by atoms with Crippen LogP contribution in [0.4, 0.5) is 5.69 Å². The molecule has 1 atom stereocenters. The maximum absolute atomic E-state index is 6.55. The number of piperazine rings is 1. The number of hydrogen-bond donors (Lipinski definition) is 0. The molecule has 2 aromatic carbocycles. The van der Waals surface area contributed by atoms with Crippen LogP contribution in [0.5, 0.6) is 0 Å². The van der Waals surface area contributed by atoms with Crippen molar-refractivity contribution in [3.63, 3.8) is 0 Å². The van der Waals surface area contributed by atoms with Crippen LogP contribution in [0.3, 0.4) is 0 Å². The summed E-state index contributed by atoms with van der Waals surface area (Å²) in [4.78, 5) is 9.16. The van der Waals surface area contributed by atoms with Crippen molar-refractivity contribution in [3.05, 3.63) is 91.6 Å². The van der Waals surface area contributed by atoms with Gasteiger partial charge in [0.1, 0.15) is 4.60 Å². The van der Waals surface area contributed by atoms with Crippen molar-refractivity contribution in [1.82, 2.24) is 9.88 Å². The van der Waals surface area contributed by atoms with Crippen LogP contribution >= 0.6 is 50.7 Å². The lowest BCUT2D eigenvalue weighted by atomic mass is 10.0. The lowest BCUT2D eigenvalue weighted by Gasteiger charge is -2.43. The molecule has 0 bridgehead atoms. The van der Waals surface area contributed by atoms with Gasteiger partial charge in [0.05, 0.1) is 16.8 Å². The van der Waals surface area contributed by atoms with Gasteiger partial charge in [0.2, 0.25) is 0 Å². The van der Waals surface area contributed by atoms with E-state index in [4.69, 9.17) is 34.8 Å². The summed E-state index contributed by atoms with van der Waals surface area (Å²) in [5, 5.41) is 2.05. The number of anilines is 1. The molecule has 0 saturated carbocycles. The average Bonchev–Trinajstić information content (AvgIpc) is 2.71. The molecule has 0 aliphatic carbocycles. The van der Waals surface area contributed by atoms with Gasteiger partial charge in [0.25, 0.3) is 0 Å². The second-order valence-electron chi connectivity index (χ2n) is 7.08. The van der Waals surface area contributed by atoms with Crippen molar-refractivity contribution < 1.29 is 0 Å². The number of rotatable bonds is 4. The van der Waals surface area contributed by atoms with Crippen LogP contribution in [0.25, 0.3) is 0 Å². The first kappa shape index (κ1) is 21.0. The highest BCUT2D eigenvalue weighted by atomic mass is 79.9. The van der Waals surface area contributed by atoms with E-state index in [2.05, 4.69) is 48.9 Å². The summed E-state index contributed by atoms with van der Waals surface area (Å²) >= 11 is 22.2. The molecular weight excluding hydrogens is 493 g/mol. The van der Waals surface area contributed by atoms with E-state index in [9.17, 15) is 0 Å². The molecule has 1 aliphatic heterocycles. The fraction of sp³-hybridized carbons (Fsp3) is 0.227. The Labute approximate surface area is 194 Å². The zero-order chi connectivity index (χ0) is 20.4. The van der Waals surface area contributed by atoms with E-state index in [0.29, 0.717) is 10.0 Å². The minimum absolute atomic E-state index is 0.156. The van der Waals surface area contributed by atoms with E-state index in [1.54, 1.807) is 6.07 Å². The summed E-state index contributed by atoms with van der Waals surface area (Å²) in [6.07, 6.45) is 1.92. The van der Waals surface area contributed by atoms with Crippen LogP contribution in [0.2, 0.25) is 15.1 Å². The van der Waals surface area contributed by atoms with Crippen LogP contribution in [0, 0.1) is 0 Å². The number of benzene rings is 2. The molecule has 3 nitrogen and oxygen atoms in total. The maximum atomic E-state index is 6.55. The summed E-state index contributed by atoms with van der Waals surface area (Å²) in [7, 11) is 0. The highest BCUT2D eigenvalue weighted by molar-refractivity contribution is 9.10. The minimum Gasteiger partial charge on any atom is -0.361 e. The smallest absolute Gasteiger partial charge is 0.106 e. The van der Waals surface area contributed by atoms with Crippen molar-refractivity contribution in [2.45, 2.75) is 12.6 Å². The topological polar surface area (TPSA) is 19.4 Å². The number of nitrogens with zero attached hydrogens (tertiary/aromatic N) is 3. The van der Waals surface area contributed by atoms with Gasteiger partial charge in [-0.05, 0) is 63.5 Å². The predicted molar refractivity (Wildman–Crippen MR) is 125 cm³/mol. The van der Waals surface area contributed by atoms with E-state index in [0.717, 1.165) is 41.5 Å². The van der Waals surface area contributed by atoms with Crippen LogP contribution in [0.1, 0.15) is 17.2 Å². The number of halogens is 4. The Morgan fingerprint density at radius 1 is 0.931 bits per heavy atom. The first-order valence-electron chi connectivity index (χ1n) is 9.29. The fourth-order valence-electron chi connectivity index (χ4n) is 3.71. The van der Waals surface area contributed by atoms with Crippen molar-refractivity contribution in [3.8, 4) is 0 Å². The van der Waals surface area contributed by atoms with Gasteiger partial charge < -0.3 is 4.90 Å². The zero-order valence-electron chi connectivity index (χ0n) is 15.5. The van der Waals surface area contributed by atoms with Crippen LogP contribution in [-0.2, 0) is 6.54 Å². The lowest BCUT2D eigenvalue weighted by Crippen LogP contribution is -2.48.